The van der Waals surface area contributed by atoms with Crippen LogP contribution in [0.3, 0.4) is 0 Å². The fourth-order valence-electron chi connectivity index (χ4n) is 5.87. The van der Waals surface area contributed by atoms with E-state index in [0.29, 0.717) is 34.1 Å². The lowest BCUT2D eigenvalue weighted by Crippen LogP contribution is -2.56. The Bertz CT molecular complexity index is 1210. The van der Waals surface area contributed by atoms with Gasteiger partial charge in [0.15, 0.2) is 0 Å². The van der Waals surface area contributed by atoms with E-state index < -0.39 is 5.41 Å². The topological polar surface area (TPSA) is 83.0 Å². The normalized spacial score (nSPS) is 24.2. The van der Waals surface area contributed by atoms with Crippen molar-refractivity contribution in [3.8, 4) is 6.07 Å². The molecule has 1 unspecified atom stereocenters. The summed E-state index contributed by atoms with van der Waals surface area (Å²) in [6.45, 7) is 0. The number of nitriles is 1. The molecule has 0 saturated carbocycles. The summed E-state index contributed by atoms with van der Waals surface area (Å²) >= 11 is 13.4. The Balaban J connectivity index is 1.59. The lowest BCUT2D eigenvalue weighted by molar-refractivity contribution is -0.127. The summed E-state index contributed by atoms with van der Waals surface area (Å²) in [4.78, 5) is 19.9. The third kappa shape index (κ3) is 3.76. The molecule has 5 nitrogen and oxygen atoms in total. The van der Waals surface area contributed by atoms with Crippen LogP contribution in [0.4, 0.5) is 0 Å². The van der Waals surface area contributed by atoms with Gasteiger partial charge in [0.05, 0.1) is 22.7 Å². The summed E-state index contributed by atoms with van der Waals surface area (Å²) in [6, 6.07) is 21.4. The number of piperidine rings is 1. The fourth-order valence-corrected chi connectivity index (χ4v) is 6.35. The number of hydrogen-bond donors (Lipinski definition) is 1. The number of rotatable bonds is 5. The highest BCUT2D eigenvalue weighted by atomic mass is 35.5. The lowest BCUT2D eigenvalue weighted by Gasteiger charge is -2.48. The van der Waals surface area contributed by atoms with Crippen LogP contribution in [0.5, 0.6) is 0 Å². The zero-order valence-corrected chi connectivity index (χ0v) is 20.0. The third-order valence-corrected chi connectivity index (χ3v) is 8.09. The van der Waals surface area contributed by atoms with Gasteiger partial charge in [-0.15, -0.1) is 0 Å². The average Bonchev–Trinajstić information content (AvgIpc) is 3.10. The molecule has 2 fully saturated rings. The minimum atomic E-state index is -0.873. The Kier molecular flexibility index (Phi) is 6.07. The molecule has 34 heavy (non-hydrogen) atoms. The van der Waals surface area contributed by atoms with Crippen LogP contribution in [0.15, 0.2) is 66.9 Å². The van der Waals surface area contributed by atoms with E-state index in [1.165, 1.54) is 6.20 Å². The monoisotopic (exact) mass is 490 g/mol. The number of nitrogens with zero attached hydrogens (tertiary/aromatic N) is 3. The van der Waals surface area contributed by atoms with Crippen LogP contribution in [-0.4, -0.2) is 27.9 Å². The molecule has 3 heterocycles. The van der Waals surface area contributed by atoms with Gasteiger partial charge in [-0.1, -0.05) is 59.6 Å². The van der Waals surface area contributed by atoms with E-state index in [4.69, 9.17) is 34.2 Å². The molecule has 3 aromatic rings. The highest BCUT2D eigenvalue weighted by Gasteiger charge is 2.55. The van der Waals surface area contributed by atoms with E-state index in [0.717, 1.165) is 24.0 Å². The van der Waals surface area contributed by atoms with E-state index in [1.807, 2.05) is 48.5 Å². The van der Waals surface area contributed by atoms with Crippen molar-refractivity contribution in [1.29, 1.82) is 5.26 Å². The largest absolute Gasteiger partial charge is 0.369 e. The van der Waals surface area contributed by atoms with Crippen molar-refractivity contribution in [2.24, 2.45) is 5.73 Å². The second kappa shape index (κ2) is 9.03. The Morgan fingerprint density at radius 2 is 1.56 bits per heavy atom. The van der Waals surface area contributed by atoms with Gasteiger partial charge in [-0.3, -0.25) is 14.7 Å². The number of fused-ring (bicyclic) bond motifs is 2. The van der Waals surface area contributed by atoms with E-state index >= 15 is 0 Å². The summed E-state index contributed by atoms with van der Waals surface area (Å²) < 4.78 is 0. The van der Waals surface area contributed by atoms with E-state index in [1.54, 1.807) is 12.1 Å². The third-order valence-electron chi connectivity index (χ3n) is 7.40. The molecule has 0 spiro atoms. The summed E-state index contributed by atoms with van der Waals surface area (Å²) in [7, 11) is 0. The Hall–Kier alpha value is -2.91. The molecule has 2 saturated heterocycles. The van der Waals surface area contributed by atoms with Gasteiger partial charge in [-0.2, -0.15) is 5.26 Å². The number of carbonyl (C=O) groups excluding carboxylic acids is 1. The van der Waals surface area contributed by atoms with Crippen LogP contribution >= 0.6 is 23.2 Å². The number of amides is 1. The average molecular weight is 491 g/mol. The predicted octanol–water partition coefficient (Wildman–Crippen LogP) is 5.40. The molecule has 0 radical (unpaired) electrons. The van der Waals surface area contributed by atoms with E-state index in [9.17, 15) is 4.79 Å². The van der Waals surface area contributed by atoms with Crippen LogP contribution in [-0.2, 0) is 10.2 Å². The molecule has 2 N–H and O–H groups in total. The van der Waals surface area contributed by atoms with Gasteiger partial charge in [-0.25, -0.2) is 0 Å². The van der Waals surface area contributed by atoms with Crippen LogP contribution in [0.1, 0.15) is 54.1 Å². The van der Waals surface area contributed by atoms with Crippen LogP contribution in [0.25, 0.3) is 0 Å². The van der Waals surface area contributed by atoms with E-state index in [2.05, 4.69) is 16.0 Å². The number of hydrogen-bond acceptors (Lipinski definition) is 4. The van der Waals surface area contributed by atoms with Gasteiger partial charge in [-0.05, 0) is 61.1 Å². The Labute approximate surface area is 209 Å². The maximum atomic E-state index is 12.9. The van der Waals surface area contributed by atoms with Gasteiger partial charge >= 0.3 is 0 Å². The molecule has 1 amide bonds. The maximum absolute atomic E-state index is 12.9. The molecule has 7 heteroatoms. The van der Waals surface area contributed by atoms with Crippen LogP contribution in [0.2, 0.25) is 10.0 Å². The first kappa shape index (κ1) is 22.9. The smallest absolute Gasteiger partial charge is 0.229 e. The van der Waals surface area contributed by atoms with Gasteiger partial charge in [0.25, 0.3) is 0 Å². The first-order valence-corrected chi connectivity index (χ1v) is 12.1. The Morgan fingerprint density at radius 1 is 1.00 bits per heavy atom. The van der Waals surface area contributed by atoms with Crippen molar-refractivity contribution in [2.75, 3.05) is 0 Å². The SMILES string of the molecule is N#Cc1ccc(C2(C(N)=O)C[C@H]3CC[C@@H](C2)N3C(c2ccccc2Cl)c2ccccc2Cl)nc1. The zero-order chi connectivity index (χ0) is 23.9. The van der Waals surface area contributed by atoms with Crippen molar-refractivity contribution >= 4 is 29.1 Å². The standard InChI is InChI=1S/C27H24Cl2N4O/c28-22-7-3-1-5-20(22)25(21-6-2-4-8-23(21)29)33-18-10-11-19(33)14-27(13-18,26(31)34)24-12-9-17(15-30)16-32-24/h1-9,12,16,18-19,25H,10-11,13-14H2,(H2,31,34)/t18-,19+,27?. The van der Waals surface area contributed by atoms with Crippen molar-refractivity contribution in [3.63, 3.8) is 0 Å². The minimum absolute atomic E-state index is 0.0984. The van der Waals surface area contributed by atoms with Crippen molar-refractivity contribution in [3.05, 3.63) is 99.3 Å². The summed E-state index contributed by atoms with van der Waals surface area (Å²) in [5, 5.41) is 10.5. The number of halogens is 2. The van der Waals surface area contributed by atoms with Crippen molar-refractivity contribution in [1.82, 2.24) is 9.88 Å². The number of benzene rings is 2. The zero-order valence-electron chi connectivity index (χ0n) is 18.5. The molecular formula is C27H24Cl2N4O. The summed E-state index contributed by atoms with van der Waals surface area (Å²) in [6.07, 6.45) is 4.53. The summed E-state index contributed by atoms with van der Waals surface area (Å²) in [5.74, 6) is -0.367. The number of carbonyl (C=O) groups is 1. The lowest BCUT2D eigenvalue weighted by atomic mass is 9.70. The molecular weight excluding hydrogens is 467 g/mol. The molecule has 1 aromatic heterocycles. The summed E-state index contributed by atoms with van der Waals surface area (Å²) in [5.41, 5.74) is 8.27. The predicted molar refractivity (Wildman–Crippen MR) is 132 cm³/mol. The molecule has 2 aromatic carbocycles. The molecule has 0 aliphatic carbocycles. The quantitative estimate of drug-likeness (QED) is 0.518. The van der Waals surface area contributed by atoms with E-state index in [-0.39, 0.29) is 24.0 Å². The van der Waals surface area contributed by atoms with Crippen molar-refractivity contribution in [2.45, 2.75) is 49.2 Å². The van der Waals surface area contributed by atoms with Crippen LogP contribution in [0, 0.1) is 11.3 Å². The highest BCUT2D eigenvalue weighted by molar-refractivity contribution is 6.32. The minimum Gasteiger partial charge on any atom is -0.369 e. The number of pyridine rings is 1. The van der Waals surface area contributed by atoms with Gasteiger partial charge in [0, 0.05) is 28.3 Å². The molecule has 5 rings (SSSR count). The molecule has 2 aliphatic rings. The van der Waals surface area contributed by atoms with Crippen LogP contribution < -0.4 is 5.73 Å². The fraction of sp³-hybridized carbons (Fsp3) is 0.296. The highest BCUT2D eigenvalue weighted by Crippen LogP contribution is 2.52. The second-order valence-corrected chi connectivity index (χ2v) is 9.99. The van der Waals surface area contributed by atoms with Gasteiger partial charge < -0.3 is 5.73 Å². The van der Waals surface area contributed by atoms with Crippen molar-refractivity contribution < 1.29 is 4.79 Å². The number of primary amides is 1. The maximum Gasteiger partial charge on any atom is 0.229 e. The second-order valence-electron chi connectivity index (χ2n) is 9.18. The first-order chi connectivity index (χ1) is 16.4. The first-order valence-electron chi connectivity index (χ1n) is 11.4. The number of nitrogens with two attached hydrogens (primary N) is 1. The molecule has 2 aliphatic heterocycles. The number of aromatic nitrogens is 1. The molecule has 172 valence electrons. The Morgan fingerprint density at radius 3 is 2.00 bits per heavy atom. The molecule has 2 bridgehead atoms. The van der Waals surface area contributed by atoms with Gasteiger partial charge in [0.1, 0.15) is 6.07 Å². The van der Waals surface area contributed by atoms with Gasteiger partial charge in [0.2, 0.25) is 5.91 Å². The molecule has 3 atom stereocenters.